The lowest BCUT2D eigenvalue weighted by atomic mass is 9.93. The van der Waals surface area contributed by atoms with E-state index in [0.717, 1.165) is 53.9 Å². The van der Waals surface area contributed by atoms with Crippen molar-refractivity contribution < 1.29 is 0 Å². The summed E-state index contributed by atoms with van der Waals surface area (Å²) < 4.78 is 2.25. The van der Waals surface area contributed by atoms with E-state index in [1.807, 2.05) is 13.1 Å². The van der Waals surface area contributed by atoms with Crippen LogP contribution in [0.15, 0.2) is 24.8 Å². The quantitative estimate of drug-likeness (QED) is 0.721. The predicted molar refractivity (Wildman–Crippen MR) is 103 cm³/mol. The van der Waals surface area contributed by atoms with Crippen LogP contribution in [0.2, 0.25) is 0 Å². The summed E-state index contributed by atoms with van der Waals surface area (Å²) in [5, 5.41) is 1.10. The van der Waals surface area contributed by atoms with Gasteiger partial charge in [0, 0.05) is 37.7 Å². The number of rotatable bonds is 4. The Morgan fingerprint density at radius 3 is 2.62 bits per heavy atom. The number of imidazole rings is 1. The van der Waals surface area contributed by atoms with Gasteiger partial charge in [-0.3, -0.25) is 0 Å². The van der Waals surface area contributed by atoms with Crippen LogP contribution in [0.3, 0.4) is 0 Å². The van der Waals surface area contributed by atoms with Crippen LogP contribution in [-0.2, 0) is 6.54 Å². The van der Waals surface area contributed by atoms with E-state index >= 15 is 0 Å². The molecule has 0 aromatic carbocycles. The Bertz CT molecular complexity index is 908. The average molecular weight is 350 g/mol. The van der Waals surface area contributed by atoms with Gasteiger partial charge in [0.2, 0.25) is 0 Å². The van der Waals surface area contributed by atoms with E-state index in [1.54, 1.807) is 6.33 Å². The van der Waals surface area contributed by atoms with Crippen LogP contribution in [0.4, 0.5) is 5.82 Å². The third-order valence-corrected chi connectivity index (χ3v) is 5.53. The summed E-state index contributed by atoms with van der Waals surface area (Å²) in [7, 11) is 0. The van der Waals surface area contributed by atoms with Crippen LogP contribution >= 0.6 is 0 Å². The SMILES string of the molecule is Cc1cc(C)c2c(N3CCC(CCn4ccnc4C)CC3)ncnc2n1. The Morgan fingerprint density at radius 1 is 1.08 bits per heavy atom. The predicted octanol–water partition coefficient (Wildman–Crippen LogP) is 3.45. The molecule has 0 bridgehead atoms. The Labute approximate surface area is 154 Å². The number of nitrogens with zero attached hydrogens (tertiary/aromatic N) is 6. The highest BCUT2D eigenvalue weighted by atomic mass is 15.2. The van der Waals surface area contributed by atoms with Gasteiger partial charge in [0.1, 0.15) is 18.0 Å². The second kappa shape index (κ2) is 7.02. The van der Waals surface area contributed by atoms with Gasteiger partial charge in [-0.2, -0.15) is 0 Å². The summed E-state index contributed by atoms with van der Waals surface area (Å²) in [6.07, 6.45) is 9.24. The summed E-state index contributed by atoms with van der Waals surface area (Å²) >= 11 is 0. The number of hydrogen-bond acceptors (Lipinski definition) is 5. The molecule has 1 saturated heterocycles. The van der Waals surface area contributed by atoms with Crippen LogP contribution in [0.5, 0.6) is 0 Å². The number of aryl methyl sites for hydroxylation is 4. The molecule has 136 valence electrons. The Hall–Kier alpha value is -2.50. The topological polar surface area (TPSA) is 59.7 Å². The number of hydrogen-bond donors (Lipinski definition) is 0. The van der Waals surface area contributed by atoms with Crippen molar-refractivity contribution in [1.29, 1.82) is 0 Å². The minimum Gasteiger partial charge on any atom is -0.356 e. The molecule has 1 fully saturated rings. The van der Waals surface area contributed by atoms with Crippen molar-refractivity contribution in [3.63, 3.8) is 0 Å². The molecule has 3 aromatic rings. The van der Waals surface area contributed by atoms with Gasteiger partial charge in [-0.05, 0) is 57.6 Å². The second-order valence-corrected chi connectivity index (χ2v) is 7.36. The minimum absolute atomic E-state index is 0.766. The molecule has 0 saturated carbocycles. The first kappa shape index (κ1) is 16.9. The normalized spacial score (nSPS) is 15.7. The van der Waals surface area contributed by atoms with Crippen LogP contribution in [0.25, 0.3) is 11.0 Å². The van der Waals surface area contributed by atoms with Gasteiger partial charge in [-0.25, -0.2) is 19.9 Å². The first-order chi connectivity index (χ1) is 12.6. The molecule has 0 amide bonds. The fraction of sp³-hybridized carbons (Fsp3) is 0.500. The molecule has 6 heteroatoms. The largest absolute Gasteiger partial charge is 0.356 e. The summed E-state index contributed by atoms with van der Waals surface area (Å²) in [6.45, 7) is 9.38. The first-order valence-electron chi connectivity index (χ1n) is 9.43. The van der Waals surface area contributed by atoms with Gasteiger partial charge < -0.3 is 9.47 Å². The molecule has 1 aliphatic heterocycles. The summed E-state index contributed by atoms with van der Waals surface area (Å²) in [5.74, 6) is 2.92. The molecular weight excluding hydrogens is 324 g/mol. The average Bonchev–Trinajstić information content (AvgIpc) is 3.04. The highest BCUT2D eigenvalue weighted by molar-refractivity contribution is 5.90. The molecule has 6 nitrogen and oxygen atoms in total. The van der Waals surface area contributed by atoms with Crippen molar-refractivity contribution in [1.82, 2.24) is 24.5 Å². The van der Waals surface area contributed by atoms with Crippen molar-refractivity contribution in [2.24, 2.45) is 5.92 Å². The van der Waals surface area contributed by atoms with Crippen molar-refractivity contribution >= 4 is 16.9 Å². The fourth-order valence-electron chi connectivity index (χ4n) is 4.02. The van der Waals surface area contributed by atoms with Crippen molar-refractivity contribution in [3.8, 4) is 0 Å². The highest BCUT2D eigenvalue weighted by Crippen LogP contribution is 2.30. The first-order valence-corrected chi connectivity index (χ1v) is 9.43. The molecule has 0 N–H and O–H groups in total. The number of anilines is 1. The minimum atomic E-state index is 0.766. The third-order valence-electron chi connectivity index (χ3n) is 5.53. The van der Waals surface area contributed by atoms with E-state index < -0.39 is 0 Å². The zero-order valence-corrected chi connectivity index (χ0v) is 15.8. The number of aromatic nitrogens is 5. The molecule has 0 spiro atoms. The van der Waals surface area contributed by atoms with Crippen molar-refractivity contribution in [2.75, 3.05) is 18.0 Å². The van der Waals surface area contributed by atoms with Gasteiger partial charge >= 0.3 is 0 Å². The number of fused-ring (bicyclic) bond motifs is 1. The lowest BCUT2D eigenvalue weighted by molar-refractivity contribution is 0.359. The van der Waals surface area contributed by atoms with Crippen LogP contribution < -0.4 is 4.90 Å². The standard InChI is InChI=1S/C20H26N6/c1-14-12-15(2)24-19-18(14)20(23-13-22-19)26-9-5-17(6-10-26)4-8-25-11-7-21-16(25)3/h7,11-13,17H,4-6,8-10H2,1-3H3. The molecule has 4 heterocycles. The van der Waals surface area contributed by atoms with E-state index in [1.165, 1.54) is 24.8 Å². The van der Waals surface area contributed by atoms with E-state index in [2.05, 4.69) is 55.5 Å². The molecule has 4 rings (SSSR count). The molecule has 0 radical (unpaired) electrons. The Kier molecular flexibility index (Phi) is 4.57. The van der Waals surface area contributed by atoms with Crippen LogP contribution in [-0.4, -0.2) is 37.6 Å². The summed E-state index contributed by atoms with van der Waals surface area (Å²) in [6, 6.07) is 2.12. The van der Waals surface area contributed by atoms with Gasteiger partial charge in [-0.1, -0.05) is 0 Å². The maximum Gasteiger partial charge on any atom is 0.165 e. The zero-order chi connectivity index (χ0) is 18.1. The van der Waals surface area contributed by atoms with Gasteiger partial charge in [0.05, 0.1) is 5.39 Å². The van der Waals surface area contributed by atoms with Crippen LogP contribution in [0.1, 0.15) is 36.3 Å². The zero-order valence-electron chi connectivity index (χ0n) is 15.8. The second-order valence-electron chi connectivity index (χ2n) is 7.36. The van der Waals surface area contributed by atoms with Gasteiger partial charge in [0.15, 0.2) is 5.65 Å². The molecular formula is C20H26N6. The Balaban J connectivity index is 1.45. The fourth-order valence-corrected chi connectivity index (χ4v) is 4.02. The smallest absolute Gasteiger partial charge is 0.165 e. The molecule has 0 atom stereocenters. The number of piperidine rings is 1. The highest BCUT2D eigenvalue weighted by Gasteiger charge is 2.22. The maximum atomic E-state index is 4.61. The molecule has 3 aromatic heterocycles. The van der Waals surface area contributed by atoms with Gasteiger partial charge in [0.25, 0.3) is 0 Å². The van der Waals surface area contributed by atoms with E-state index in [0.29, 0.717) is 0 Å². The molecule has 26 heavy (non-hydrogen) atoms. The van der Waals surface area contributed by atoms with Crippen molar-refractivity contribution in [2.45, 2.75) is 46.6 Å². The molecule has 1 aliphatic rings. The van der Waals surface area contributed by atoms with E-state index in [4.69, 9.17) is 0 Å². The van der Waals surface area contributed by atoms with Crippen LogP contribution in [0, 0.1) is 26.7 Å². The number of pyridine rings is 1. The summed E-state index contributed by atoms with van der Waals surface area (Å²) in [5.41, 5.74) is 3.03. The molecule has 0 unspecified atom stereocenters. The third kappa shape index (κ3) is 3.28. The molecule has 0 aliphatic carbocycles. The lowest BCUT2D eigenvalue weighted by Gasteiger charge is -2.33. The van der Waals surface area contributed by atoms with Gasteiger partial charge in [-0.15, -0.1) is 0 Å². The monoisotopic (exact) mass is 350 g/mol. The Morgan fingerprint density at radius 2 is 1.88 bits per heavy atom. The van der Waals surface area contributed by atoms with E-state index in [9.17, 15) is 0 Å². The van der Waals surface area contributed by atoms with E-state index in [-0.39, 0.29) is 0 Å². The maximum absolute atomic E-state index is 4.61. The lowest BCUT2D eigenvalue weighted by Crippen LogP contribution is -2.34. The van der Waals surface area contributed by atoms with Crippen molar-refractivity contribution in [3.05, 3.63) is 41.9 Å². The summed E-state index contributed by atoms with van der Waals surface area (Å²) in [4.78, 5) is 20.3.